The third kappa shape index (κ3) is 2.71. The SMILES string of the molecule is CC1CCC(C(N)c2ccc3c(c2)CC(C)(C)O3)CC1. The van der Waals surface area contributed by atoms with E-state index in [0.717, 1.165) is 18.1 Å². The molecule has 0 spiro atoms. The first-order valence-electron chi connectivity index (χ1n) is 8.02. The molecule has 1 unspecified atom stereocenters. The molecule has 1 saturated carbocycles. The second-order valence-corrected chi connectivity index (χ2v) is 7.45. The molecule has 110 valence electrons. The highest BCUT2D eigenvalue weighted by Crippen LogP contribution is 2.39. The van der Waals surface area contributed by atoms with Crippen molar-refractivity contribution in [2.24, 2.45) is 17.6 Å². The van der Waals surface area contributed by atoms with Crippen molar-refractivity contribution in [3.05, 3.63) is 29.3 Å². The minimum atomic E-state index is -0.0642. The Balaban J connectivity index is 1.75. The summed E-state index contributed by atoms with van der Waals surface area (Å²) in [6.07, 6.45) is 6.21. The highest BCUT2D eigenvalue weighted by molar-refractivity contribution is 5.42. The molecule has 0 amide bonds. The van der Waals surface area contributed by atoms with Crippen molar-refractivity contribution in [1.29, 1.82) is 0 Å². The Labute approximate surface area is 122 Å². The first-order chi connectivity index (χ1) is 9.44. The fourth-order valence-corrected chi connectivity index (χ4v) is 3.75. The van der Waals surface area contributed by atoms with Gasteiger partial charge >= 0.3 is 0 Å². The maximum absolute atomic E-state index is 6.54. The zero-order chi connectivity index (χ0) is 14.3. The van der Waals surface area contributed by atoms with E-state index < -0.39 is 0 Å². The van der Waals surface area contributed by atoms with Crippen LogP contribution in [-0.2, 0) is 6.42 Å². The number of benzene rings is 1. The molecule has 2 N–H and O–H groups in total. The van der Waals surface area contributed by atoms with E-state index in [9.17, 15) is 0 Å². The van der Waals surface area contributed by atoms with Crippen LogP contribution in [0.5, 0.6) is 5.75 Å². The number of hydrogen-bond donors (Lipinski definition) is 1. The summed E-state index contributed by atoms with van der Waals surface area (Å²) in [6, 6.07) is 6.76. The number of rotatable bonds is 2. The molecule has 2 aliphatic rings. The zero-order valence-corrected chi connectivity index (χ0v) is 13.0. The Kier molecular flexibility index (Phi) is 3.53. The fraction of sp³-hybridized carbons (Fsp3) is 0.667. The Morgan fingerprint density at radius 3 is 2.60 bits per heavy atom. The van der Waals surface area contributed by atoms with E-state index in [0.29, 0.717) is 5.92 Å². The first kappa shape index (κ1) is 13.9. The molecule has 0 radical (unpaired) electrons. The largest absolute Gasteiger partial charge is 0.487 e. The molecular weight excluding hydrogens is 246 g/mol. The van der Waals surface area contributed by atoms with Gasteiger partial charge in [-0.3, -0.25) is 0 Å². The van der Waals surface area contributed by atoms with E-state index >= 15 is 0 Å². The fourth-order valence-electron chi connectivity index (χ4n) is 3.75. The molecule has 20 heavy (non-hydrogen) atoms. The summed E-state index contributed by atoms with van der Waals surface area (Å²) in [7, 11) is 0. The zero-order valence-electron chi connectivity index (χ0n) is 13.0. The molecular formula is C18H27NO. The molecule has 0 saturated heterocycles. The predicted molar refractivity (Wildman–Crippen MR) is 82.9 cm³/mol. The van der Waals surface area contributed by atoms with Crippen LogP contribution < -0.4 is 10.5 Å². The van der Waals surface area contributed by atoms with Gasteiger partial charge in [-0.05, 0) is 55.7 Å². The molecule has 2 nitrogen and oxygen atoms in total. The van der Waals surface area contributed by atoms with Gasteiger partial charge in [0.15, 0.2) is 0 Å². The van der Waals surface area contributed by atoms with Crippen LogP contribution in [0.15, 0.2) is 18.2 Å². The van der Waals surface area contributed by atoms with E-state index in [1.807, 2.05) is 0 Å². The molecule has 1 aromatic carbocycles. The van der Waals surface area contributed by atoms with Gasteiger partial charge in [-0.1, -0.05) is 31.9 Å². The summed E-state index contributed by atoms with van der Waals surface area (Å²) in [5.41, 5.74) is 9.09. The maximum atomic E-state index is 6.54. The van der Waals surface area contributed by atoms with Crippen LogP contribution in [0.4, 0.5) is 0 Å². The van der Waals surface area contributed by atoms with Crippen LogP contribution in [0.3, 0.4) is 0 Å². The van der Waals surface area contributed by atoms with Crippen LogP contribution in [-0.4, -0.2) is 5.60 Å². The van der Waals surface area contributed by atoms with Crippen molar-refractivity contribution < 1.29 is 4.74 Å². The highest BCUT2D eigenvalue weighted by atomic mass is 16.5. The number of nitrogens with two attached hydrogens (primary N) is 1. The van der Waals surface area contributed by atoms with E-state index in [-0.39, 0.29) is 11.6 Å². The van der Waals surface area contributed by atoms with Crippen LogP contribution in [0.2, 0.25) is 0 Å². The lowest BCUT2D eigenvalue weighted by molar-refractivity contribution is 0.138. The second kappa shape index (κ2) is 5.07. The lowest BCUT2D eigenvalue weighted by atomic mass is 9.77. The van der Waals surface area contributed by atoms with Gasteiger partial charge in [0.2, 0.25) is 0 Å². The standard InChI is InChI=1S/C18H27NO/c1-12-4-6-13(7-5-12)17(19)14-8-9-16-15(10-14)11-18(2,3)20-16/h8-10,12-13,17H,4-7,11,19H2,1-3H3. The van der Waals surface area contributed by atoms with Crippen molar-refractivity contribution in [2.45, 2.75) is 64.5 Å². The Bertz CT molecular complexity index is 486. The summed E-state index contributed by atoms with van der Waals surface area (Å²) in [6.45, 7) is 6.65. The van der Waals surface area contributed by atoms with Crippen LogP contribution in [0.25, 0.3) is 0 Å². The lowest BCUT2D eigenvalue weighted by Crippen LogP contribution is -2.25. The highest BCUT2D eigenvalue weighted by Gasteiger charge is 2.31. The summed E-state index contributed by atoms with van der Waals surface area (Å²) < 4.78 is 5.95. The van der Waals surface area contributed by atoms with Gasteiger partial charge < -0.3 is 10.5 Å². The van der Waals surface area contributed by atoms with Crippen LogP contribution in [0, 0.1) is 11.8 Å². The third-order valence-electron chi connectivity index (χ3n) is 5.04. The lowest BCUT2D eigenvalue weighted by Gasteiger charge is -2.31. The summed E-state index contributed by atoms with van der Waals surface area (Å²) in [5.74, 6) is 2.58. The quantitative estimate of drug-likeness (QED) is 0.875. The predicted octanol–water partition coefficient (Wildman–Crippen LogP) is 4.23. The van der Waals surface area contributed by atoms with Crippen molar-refractivity contribution in [3.8, 4) is 5.75 Å². The molecule has 1 heterocycles. The van der Waals surface area contributed by atoms with Crippen molar-refractivity contribution in [3.63, 3.8) is 0 Å². The van der Waals surface area contributed by atoms with Crippen molar-refractivity contribution in [2.75, 3.05) is 0 Å². The Morgan fingerprint density at radius 1 is 1.20 bits per heavy atom. The summed E-state index contributed by atoms with van der Waals surface area (Å²) >= 11 is 0. The Morgan fingerprint density at radius 2 is 1.90 bits per heavy atom. The Hall–Kier alpha value is -1.02. The maximum Gasteiger partial charge on any atom is 0.123 e. The monoisotopic (exact) mass is 273 g/mol. The van der Waals surface area contributed by atoms with Gasteiger partial charge in [0.25, 0.3) is 0 Å². The van der Waals surface area contributed by atoms with Gasteiger partial charge in [-0.2, -0.15) is 0 Å². The van der Waals surface area contributed by atoms with E-state index in [2.05, 4.69) is 39.0 Å². The number of hydrogen-bond acceptors (Lipinski definition) is 2. The number of ether oxygens (including phenoxy) is 1. The average molecular weight is 273 g/mol. The third-order valence-corrected chi connectivity index (χ3v) is 5.04. The van der Waals surface area contributed by atoms with Gasteiger partial charge in [-0.25, -0.2) is 0 Å². The molecule has 1 aliphatic carbocycles. The van der Waals surface area contributed by atoms with Gasteiger partial charge in [-0.15, -0.1) is 0 Å². The molecule has 1 aliphatic heterocycles. The molecule has 1 aromatic rings. The second-order valence-electron chi connectivity index (χ2n) is 7.45. The minimum Gasteiger partial charge on any atom is -0.487 e. The van der Waals surface area contributed by atoms with Crippen molar-refractivity contribution >= 4 is 0 Å². The molecule has 0 bridgehead atoms. The summed E-state index contributed by atoms with van der Waals surface area (Å²) in [5, 5.41) is 0. The summed E-state index contributed by atoms with van der Waals surface area (Å²) in [4.78, 5) is 0. The van der Waals surface area contributed by atoms with Crippen LogP contribution in [0.1, 0.15) is 63.6 Å². The molecule has 2 heteroatoms. The molecule has 1 atom stereocenters. The van der Waals surface area contributed by atoms with Gasteiger partial charge in [0.1, 0.15) is 11.4 Å². The van der Waals surface area contributed by atoms with Gasteiger partial charge in [0.05, 0.1) is 0 Å². The molecule has 3 rings (SSSR count). The van der Waals surface area contributed by atoms with Crippen molar-refractivity contribution in [1.82, 2.24) is 0 Å². The first-order valence-corrected chi connectivity index (χ1v) is 8.02. The minimum absolute atomic E-state index is 0.0642. The van der Waals surface area contributed by atoms with Gasteiger partial charge in [0, 0.05) is 12.5 Å². The van der Waals surface area contributed by atoms with Crippen LogP contribution >= 0.6 is 0 Å². The molecule has 0 aromatic heterocycles. The normalized spacial score (nSPS) is 29.6. The van der Waals surface area contributed by atoms with E-state index in [1.165, 1.54) is 36.8 Å². The van der Waals surface area contributed by atoms with E-state index in [1.54, 1.807) is 0 Å². The van der Waals surface area contributed by atoms with E-state index in [4.69, 9.17) is 10.5 Å². The average Bonchev–Trinajstić information content (AvgIpc) is 2.71. The smallest absolute Gasteiger partial charge is 0.123 e. The topological polar surface area (TPSA) is 35.2 Å². The number of fused-ring (bicyclic) bond motifs is 1. The molecule has 1 fully saturated rings.